The zero-order chi connectivity index (χ0) is 9.40. The Morgan fingerprint density at radius 1 is 1.75 bits per heavy atom. The van der Waals surface area contributed by atoms with Crippen molar-refractivity contribution in [2.24, 2.45) is 0 Å². The number of rotatable bonds is 4. The maximum atomic E-state index is 8.33. The zero-order valence-corrected chi connectivity index (χ0v) is 9.31. The summed E-state index contributed by atoms with van der Waals surface area (Å²) in [6, 6.07) is 2.07. The Balaban J connectivity index is 3.55. The van der Waals surface area contributed by atoms with E-state index in [2.05, 4.69) is 6.07 Å². The highest BCUT2D eigenvalue weighted by molar-refractivity contribution is 8.22. The van der Waals surface area contributed by atoms with Gasteiger partial charge in [0.2, 0.25) is 0 Å². The Bertz CT molecular complexity index is 179. The fraction of sp³-hybridized carbons (Fsp3) is 0.714. The van der Waals surface area contributed by atoms with Crippen molar-refractivity contribution in [1.29, 1.82) is 5.26 Å². The van der Waals surface area contributed by atoms with Gasteiger partial charge in [-0.25, -0.2) is 0 Å². The molecule has 0 aromatic rings. The lowest BCUT2D eigenvalue weighted by Crippen LogP contribution is -2.23. The van der Waals surface area contributed by atoms with Crippen LogP contribution in [0.1, 0.15) is 6.42 Å². The van der Waals surface area contributed by atoms with E-state index in [1.165, 1.54) is 0 Å². The average Bonchev–Trinajstić information content (AvgIpc) is 2.10. The van der Waals surface area contributed by atoms with Gasteiger partial charge in [0.1, 0.15) is 4.32 Å². The van der Waals surface area contributed by atoms with Crippen LogP contribution < -0.4 is 0 Å². The molecule has 0 amide bonds. The van der Waals surface area contributed by atoms with Gasteiger partial charge in [-0.3, -0.25) is 0 Å². The molecule has 0 saturated carbocycles. The Morgan fingerprint density at radius 3 is 2.92 bits per heavy atom. The molecule has 0 aliphatic carbocycles. The first kappa shape index (κ1) is 12.0. The monoisotopic (exact) mass is 222 g/mol. The number of thioether (sulfide) groups is 1. The molecular weight excluding hydrogens is 212 g/mol. The molecule has 5 heteroatoms. The van der Waals surface area contributed by atoms with Gasteiger partial charge >= 0.3 is 0 Å². The summed E-state index contributed by atoms with van der Waals surface area (Å²) < 4.78 is 0.811. The van der Waals surface area contributed by atoms with Gasteiger partial charge < -0.3 is 4.90 Å². The molecule has 68 valence electrons. The Labute approximate surface area is 87.9 Å². The smallest absolute Gasteiger partial charge is 0.136 e. The first-order chi connectivity index (χ1) is 5.72. The second kappa shape index (κ2) is 7.66. The first-order valence-electron chi connectivity index (χ1n) is 3.53. The van der Waals surface area contributed by atoms with Crippen molar-refractivity contribution in [3.8, 4) is 6.07 Å². The third kappa shape index (κ3) is 5.64. The molecule has 2 nitrogen and oxygen atoms in total. The van der Waals surface area contributed by atoms with Crippen LogP contribution in [0.5, 0.6) is 0 Å². The van der Waals surface area contributed by atoms with Crippen LogP contribution in [-0.2, 0) is 0 Å². The highest BCUT2D eigenvalue weighted by Gasteiger charge is 2.02. The maximum absolute atomic E-state index is 8.33. The van der Waals surface area contributed by atoms with Gasteiger partial charge in [-0.05, 0) is 0 Å². The Hall–Kier alpha value is 0.0200. The molecule has 0 saturated heterocycles. The number of thiocarbonyl (C=S) groups is 1. The van der Waals surface area contributed by atoms with E-state index in [1.54, 1.807) is 11.8 Å². The highest BCUT2D eigenvalue weighted by atomic mass is 35.5. The summed E-state index contributed by atoms with van der Waals surface area (Å²) in [5, 5.41) is 8.33. The number of hydrogen-bond acceptors (Lipinski definition) is 3. The van der Waals surface area contributed by atoms with Crippen molar-refractivity contribution in [2.45, 2.75) is 6.42 Å². The van der Waals surface area contributed by atoms with Crippen LogP contribution in [0, 0.1) is 11.3 Å². The van der Waals surface area contributed by atoms with Gasteiger partial charge in [-0.1, -0.05) is 24.0 Å². The van der Waals surface area contributed by atoms with E-state index in [4.69, 9.17) is 29.1 Å². The molecule has 0 fully saturated rings. The van der Waals surface area contributed by atoms with Crippen LogP contribution in [-0.4, -0.2) is 34.4 Å². The summed E-state index contributed by atoms with van der Waals surface area (Å²) >= 11 is 12.1. The Morgan fingerprint density at radius 2 is 2.42 bits per heavy atom. The van der Waals surface area contributed by atoms with Gasteiger partial charge in [0.05, 0.1) is 12.5 Å². The standard InChI is InChI=1S/C7H11ClN2S2/c1-10(5-2-4-9)7(11)12-6-3-8/h2-3,5-6H2,1H3. The van der Waals surface area contributed by atoms with Crippen molar-refractivity contribution in [1.82, 2.24) is 4.90 Å². The molecule has 12 heavy (non-hydrogen) atoms. The minimum absolute atomic E-state index is 0.512. The summed E-state index contributed by atoms with van der Waals surface area (Å²) in [5.74, 6) is 1.44. The van der Waals surface area contributed by atoms with Gasteiger partial charge in [0, 0.05) is 25.2 Å². The van der Waals surface area contributed by atoms with Gasteiger partial charge in [-0.2, -0.15) is 5.26 Å². The Kier molecular flexibility index (Phi) is 7.67. The molecule has 0 aromatic carbocycles. The molecule has 0 aromatic heterocycles. The predicted octanol–water partition coefficient (Wildman–Crippen LogP) is 2.09. The van der Waals surface area contributed by atoms with Crippen LogP contribution in [0.25, 0.3) is 0 Å². The van der Waals surface area contributed by atoms with Gasteiger partial charge in [-0.15, -0.1) is 11.6 Å². The molecule has 0 rings (SSSR count). The number of nitriles is 1. The van der Waals surface area contributed by atoms with E-state index in [0.29, 0.717) is 18.8 Å². The average molecular weight is 223 g/mol. The minimum Gasteiger partial charge on any atom is -0.360 e. The highest BCUT2D eigenvalue weighted by Crippen LogP contribution is 2.08. The van der Waals surface area contributed by atoms with E-state index < -0.39 is 0 Å². The van der Waals surface area contributed by atoms with E-state index >= 15 is 0 Å². The predicted molar refractivity (Wildman–Crippen MR) is 58.6 cm³/mol. The molecule has 0 aliphatic heterocycles. The molecule has 0 aliphatic rings. The topological polar surface area (TPSA) is 27.0 Å². The van der Waals surface area contributed by atoms with Crippen LogP contribution in [0.2, 0.25) is 0 Å². The number of hydrogen-bond donors (Lipinski definition) is 0. The second-order valence-electron chi connectivity index (χ2n) is 2.13. The first-order valence-corrected chi connectivity index (χ1v) is 5.46. The van der Waals surface area contributed by atoms with Gasteiger partial charge in [0.25, 0.3) is 0 Å². The molecule has 0 heterocycles. The summed E-state index contributed by atoms with van der Waals surface area (Å²) in [6.07, 6.45) is 0.512. The number of alkyl halides is 1. The van der Waals surface area contributed by atoms with E-state index in [0.717, 1.165) is 10.1 Å². The number of halogens is 1. The van der Waals surface area contributed by atoms with Crippen LogP contribution >= 0.6 is 35.6 Å². The fourth-order valence-corrected chi connectivity index (χ4v) is 1.68. The SMILES string of the molecule is CN(CCC#N)C(=S)SCCCl. The van der Waals surface area contributed by atoms with Crippen LogP contribution in [0.3, 0.4) is 0 Å². The van der Waals surface area contributed by atoms with Crippen molar-refractivity contribution >= 4 is 39.9 Å². The summed E-state index contributed by atoms with van der Waals surface area (Å²) in [7, 11) is 1.89. The molecule has 0 spiro atoms. The summed E-state index contributed by atoms with van der Waals surface area (Å²) in [6.45, 7) is 0.699. The van der Waals surface area contributed by atoms with Crippen molar-refractivity contribution in [3.63, 3.8) is 0 Å². The largest absolute Gasteiger partial charge is 0.360 e. The third-order valence-corrected chi connectivity index (χ3v) is 3.22. The fourth-order valence-electron chi connectivity index (χ4n) is 0.545. The van der Waals surface area contributed by atoms with Crippen LogP contribution in [0.15, 0.2) is 0 Å². The molecule has 0 atom stereocenters. The molecule has 0 bridgehead atoms. The third-order valence-electron chi connectivity index (χ3n) is 1.17. The summed E-state index contributed by atoms with van der Waals surface area (Å²) in [4.78, 5) is 1.90. The second-order valence-corrected chi connectivity index (χ2v) is 4.24. The van der Waals surface area contributed by atoms with Crippen molar-refractivity contribution in [2.75, 3.05) is 25.2 Å². The minimum atomic E-state index is 0.512. The lowest BCUT2D eigenvalue weighted by molar-refractivity contribution is 0.534. The van der Waals surface area contributed by atoms with Gasteiger partial charge in [0.15, 0.2) is 0 Å². The number of nitrogens with zero attached hydrogens (tertiary/aromatic N) is 2. The maximum Gasteiger partial charge on any atom is 0.136 e. The summed E-state index contributed by atoms with van der Waals surface area (Å²) in [5.41, 5.74) is 0. The molecule has 0 unspecified atom stereocenters. The van der Waals surface area contributed by atoms with E-state index in [-0.39, 0.29) is 0 Å². The quantitative estimate of drug-likeness (QED) is 0.538. The van der Waals surface area contributed by atoms with E-state index in [9.17, 15) is 0 Å². The lowest BCUT2D eigenvalue weighted by atomic mass is 10.4. The molecular formula is C7H11ClN2S2. The lowest BCUT2D eigenvalue weighted by Gasteiger charge is -2.16. The molecule has 0 radical (unpaired) electrons. The van der Waals surface area contributed by atoms with Crippen molar-refractivity contribution < 1.29 is 0 Å². The molecule has 0 N–H and O–H groups in total. The van der Waals surface area contributed by atoms with E-state index in [1.807, 2.05) is 11.9 Å². The van der Waals surface area contributed by atoms with Crippen LogP contribution in [0.4, 0.5) is 0 Å². The van der Waals surface area contributed by atoms with Crippen molar-refractivity contribution in [3.05, 3.63) is 0 Å². The normalized spacial score (nSPS) is 9.08. The zero-order valence-electron chi connectivity index (χ0n) is 6.92.